The fraction of sp³-hybridized carbons (Fsp3) is 0.357. The summed E-state index contributed by atoms with van der Waals surface area (Å²) in [5.41, 5.74) is 2.26. The first-order valence-electron chi connectivity index (χ1n) is 6.09. The van der Waals surface area contributed by atoms with Crippen LogP contribution in [-0.2, 0) is 4.74 Å². The van der Waals surface area contributed by atoms with E-state index in [0.29, 0.717) is 0 Å². The number of aromatic nitrogens is 1. The highest BCUT2D eigenvalue weighted by Gasteiger charge is 2.22. The molecule has 1 aromatic heterocycles. The molecular weight excluding hydrogens is 310 g/mol. The van der Waals surface area contributed by atoms with Gasteiger partial charge in [-0.2, -0.15) is 0 Å². The Kier molecular flexibility index (Phi) is 3.50. The van der Waals surface area contributed by atoms with Crippen LogP contribution in [0, 0.1) is 6.92 Å². The Morgan fingerprint density at radius 2 is 2.33 bits per heavy atom. The third-order valence-electron chi connectivity index (χ3n) is 3.12. The Labute approximate surface area is 119 Å². The summed E-state index contributed by atoms with van der Waals surface area (Å²) in [7, 11) is 0. The Morgan fingerprint density at radius 3 is 3.06 bits per heavy atom. The minimum atomic E-state index is 0.217. The zero-order valence-corrected chi connectivity index (χ0v) is 12.6. The van der Waals surface area contributed by atoms with Crippen LogP contribution in [0.5, 0.6) is 0 Å². The normalized spacial score (nSPS) is 19.3. The van der Waals surface area contributed by atoms with Gasteiger partial charge in [-0.25, -0.2) is 4.98 Å². The maximum atomic E-state index is 5.71. The molecule has 0 saturated carbocycles. The monoisotopic (exact) mass is 323 g/mol. The summed E-state index contributed by atoms with van der Waals surface area (Å²) in [6.45, 7) is 3.00. The van der Waals surface area contributed by atoms with Crippen LogP contribution in [0.4, 0.5) is 0 Å². The lowest BCUT2D eigenvalue weighted by Crippen LogP contribution is -1.94. The third kappa shape index (κ3) is 2.37. The second-order valence-corrected chi connectivity index (χ2v) is 6.62. The van der Waals surface area contributed by atoms with Crippen LogP contribution in [0.1, 0.15) is 28.8 Å². The molecule has 18 heavy (non-hydrogen) atoms. The lowest BCUT2D eigenvalue weighted by atomic mass is 10.1. The molecule has 0 radical (unpaired) electrons. The highest BCUT2D eigenvalue weighted by molar-refractivity contribution is 9.10. The molecule has 1 atom stereocenters. The number of rotatable bonds is 2. The van der Waals surface area contributed by atoms with E-state index in [0.717, 1.165) is 34.6 Å². The Bertz CT molecular complexity index is 561. The molecule has 1 aliphatic rings. The topological polar surface area (TPSA) is 22.1 Å². The first kappa shape index (κ1) is 12.3. The van der Waals surface area contributed by atoms with E-state index in [4.69, 9.17) is 9.72 Å². The smallest absolute Gasteiger partial charge is 0.122 e. The third-order valence-corrected chi connectivity index (χ3v) is 4.67. The second kappa shape index (κ2) is 5.11. The average Bonchev–Trinajstić information content (AvgIpc) is 2.97. The number of thiazole rings is 1. The summed E-state index contributed by atoms with van der Waals surface area (Å²) in [5, 5.41) is 1.12. The van der Waals surface area contributed by atoms with Crippen molar-refractivity contribution < 1.29 is 4.74 Å². The Morgan fingerprint density at radius 1 is 1.44 bits per heavy atom. The van der Waals surface area contributed by atoms with Crippen LogP contribution in [-0.4, -0.2) is 11.6 Å². The van der Waals surface area contributed by atoms with Gasteiger partial charge in [0.05, 0.1) is 5.69 Å². The van der Waals surface area contributed by atoms with Crippen molar-refractivity contribution >= 4 is 27.3 Å². The molecule has 0 bridgehead atoms. The number of benzene rings is 1. The predicted molar refractivity (Wildman–Crippen MR) is 77.9 cm³/mol. The SMILES string of the molecule is Cc1sc(C2CCCO2)nc1-c1cccc(Br)c1. The van der Waals surface area contributed by atoms with Gasteiger partial charge < -0.3 is 4.74 Å². The molecule has 2 nitrogen and oxygen atoms in total. The van der Waals surface area contributed by atoms with Gasteiger partial charge in [-0.3, -0.25) is 0 Å². The molecule has 1 unspecified atom stereocenters. The zero-order chi connectivity index (χ0) is 12.5. The first-order valence-corrected chi connectivity index (χ1v) is 7.70. The number of aryl methyl sites for hydroxylation is 1. The lowest BCUT2D eigenvalue weighted by molar-refractivity contribution is 0.112. The van der Waals surface area contributed by atoms with E-state index in [1.165, 1.54) is 10.4 Å². The highest BCUT2D eigenvalue weighted by Crippen LogP contribution is 2.36. The van der Waals surface area contributed by atoms with Gasteiger partial charge in [-0.05, 0) is 31.9 Å². The minimum Gasteiger partial charge on any atom is -0.371 e. The molecule has 0 spiro atoms. The fourth-order valence-electron chi connectivity index (χ4n) is 2.23. The number of hydrogen-bond acceptors (Lipinski definition) is 3. The summed E-state index contributed by atoms with van der Waals surface area (Å²) >= 11 is 5.27. The Balaban J connectivity index is 1.97. The van der Waals surface area contributed by atoms with Crippen LogP contribution < -0.4 is 0 Å². The van der Waals surface area contributed by atoms with Gasteiger partial charge >= 0.3 is 0 Å². The van der Waals surface area contributed by atoms with Crippen molar-refractivity contribution in [3.63, 3.8) is 0 Å². The molecule has 1 aromatic carbocycles. The van der Waals surface area contributed by atoms with E-state index >= 15 is 0 Å². The molecule has 0 amide bonds. The zero-order valence-electron chi connectivity index (χ0n) is 10.1. The van der Waals surface area contributed by atoms with Crippen LogP contribution >= 0.6 is 27.3 Å². The maximum Gasteiger partial charge on any atom is 0.122 e. The molecule has 0 N–H and O–H groups in total. The molecule has 1 aliphatic heterocycles. The average molecular weight is 324 g/mol. The van der Waals surface area contributed by atoms with E-state index in [1.807, 2.05) is 12.1 Å². The van der Waals surface area contributed by atoms with Gasteiger partial charge in [0.25, 0.3) is 0 Å². The van der Waals surface area contributed by atoms with E-state index < -0.39 is 0 Å². The molecular formula is C14H14BrNOS. The van der Waals surface area contributed by atoms with Crippen LogP contribution in [0.3, 0.4) is 0 Å². The summed E-state index contributed by atoms with van der Waals surface area (Å²) in [6, 6.07) is 8.30. The number of hydrogen-bond donors (Lipinski definition) is 0. The van der Waals surface area contributed by atoms with E-state index in [2.05, 4.69) is 35.0 Å². The molecule has 1 saturated heterocycles. The summed E-state index contributed by atoms with van der Waals surface area (Å²) in [4.78, 5) is 6.04. The molecule has 3 rings (SSSR count). The van der Waals surface area contributed by atoms with Crippen molar-refractivity contribution in [2.45, 2.75) is 25.9 Å². The van der Waals surface area contributed by atoms with Gasteiger partial charge in [0, 0.05) is 21.5 Å². The molecule has 94 valence electrons. The number of nitrogens with zero attached hydrogens (tertiary/aromatic N) is 1. The van der Waals surface area contributed by atoms with Gasteiger partial charge in [-0.15, -0.1) is 11.3 Å². The number of halogens is 1. The van der Waals surface area contributed by atoms with Crippen molar-refractivity contribution in [1.29, 1.82) is 0 Å². The molecule has 1 fully saturated rings. The number of ether oxygens (including phenoxy) is 1. The van der Waals surface area contributed by atoms with Crippen molar-refractivity contribution in [2.75, 3.05) is 6.61 Å². The van der Waals surface area contributed by atoms with E-state index in [1.54, 1.807) is 11.3 Å². The van der Waals surface area contributed by atoms with Gasteiger partial charge in [0.2, 0.25) is 0 Å². The molecule has 2 aromatic rings. The van der Waals surface area contributed by atoms with Crippen LogP contribution in [0.25, 0.3) is 11.3 Å². The molecule has 0 aliphatic carbocycles. The minimum absolute atomic E-state index is 0.217. The highest BCUT2D eigenvalue weighted by atomic mass is 79.9. The van der Waals surface area contributed by atoms with E-state index in [-0.39, 0.29) is 6.10 Å². The molecule has 4 heteroatoms. The van der Waals surface area contributed by atoms with Gasteiger partial charge in [0.1, 0.15) is 11.1 Å². The summed E-state index contributed by atoms with van der Waals surface area (Å²) < 4.78 is 6.79. The van der Waals surface area contributed by atoms with E-state index in [9.17, 15) is 0 Å². The van der Waals surface area contributed by atoms with Crippen molar-refractivity contribution in [1.82, 2.24) is 4.98 Å². The predicted octanol–water partition coefficient (Wildman–Crippen LogP) is 4.73. The maximum absolute atomic E-state index is 5.71. The first-order chi connectivity index (χ1) is 8.74. The standard InChI is InChI=1S/C14H14BrNOS/c1-9-13(10-4-2-5-11(15)8-10)16-14(18-9)12-6-3-7-17-12/h2,4-5,8,12H,3,6-7H2,1H3. The molecule has 2 heterocycles. The summed E-state index contributed by atoms with van der Waals surface area (Å²) in [5.74, 6) is 0. The summed E-state index contributed by atoms with van der Waals surface area (Å²) in [6.07, 6.45) is 2.47. The lowest BCUT2D eigenvalue weighted by Gasteiger charge is -2.03. The quantitative estimate of drug-likeness (QED) is 0.796. The van der Waals surface area contributed by atoms with Gasteiger partial charge in [-0.1, -0.05) is 28.1 Å². The van der Waals surface area contributed by atoms with Gasteiger partial charge in [0.15, 0.2) is 0 Å². The second-order valence-electron chi connectivity index (χ2n) is 4.47. The van der Waals surface area contributed by atoms with Crippen molar-refractivity contribution in [3.05, 3.63) is 38.6 Å². The fourth-order valence-corrected chi connectivity index (χ4v) is 3.66. The largest absolute Gasteiger partial charge is 0.371 e. The Hall–Kier alpha value is -0.710. The van der Waals surface area contributed by atoms with Crippen LogP contribution in [0.2, 0.25) is 0 Å². The van der Waals surface area contributed by atoms with Crippen LogP contribution in [0.15, 0.2) is 28.7 Å². The van der Waals surface area contributed by atoms with Crippen molar-refractivity contribution in [3.8, 4) is 11.3 Å². The van der Waals surface area contributed by atoms with Crippen molar-refractivity contribution in [2.24, 2.45) is 0 Å².